The smallest absolute Gasteiger partial charge is 0.179 e. The van der Waals surface area contributed by atoms with E-state index in [1.807, 2.05) is 18.2 Å². The van der Waals surface area contributed by atoms with Crippen LogP contribution in [0, 0.1) is 3.57 Å². The lowest BCUT2D eigenvalue weighted by Gasteiger charge is -1.99. The molecular formula is C6H3Br2IO. The third-order valence-corrected chi connectivity index (χ3v) is 2.65. The van der Waals surface area contributed by atoms with Gasteiger partial charge in [0.1, 0.15) is 0 Å². The number of hydrogen-bond acceptors (Lipinski definition) is 1. The standard InChI is InChI=1S/C6H3Br2IO/c7-5-2-1-4(9)3-6(5)10-8/h1-3H. The molecule has 0 saturated heterocycles. The molecule has 1 nitrogen and oxygen atoms in total. The van der Waals surface area contributed by atoms with Crippen molar-refractivity contribution >= 4 is 54.8 Å². The van der Waals surface area contributed by atoms with E-state index in [1.165, 1.54) is 0 Å². The molecule has 0 atom stereocenters. The topological polar surface area (TPSA) is 9.23 Å². The van der Waals surface area contributed by atoms with Gasteiger partial charge in [-0.3, -0.25) is 0 Å². The van der Waals surface area contributed by atoms with Gasteiger partial charge in [-0.15, -0.1) is 0 Å². The van der Waals surface area contributed by atoms with Gasteiger partial charge < -0.3 is 3.83 Å². The van der Waals surface area contributed by atoms with Crippen molar-refractivity contribution in [3.8, 4) is 5.75 Å². The maximum atomic E-state index is 4.89. The van der Waals surface area contributed by atoms with Gasteiger partial charge in [0.15, 0.2) is 22.0 Å². The lowest BCUT2D eigenvalue weighted by atomic mass is 10.3. The van der Waals surface area contributed by atoms with Crippen molar-refractivity contribution in [3.05, 3.63) is 26.2 Å². The predicted molar refractivity (Wildman–Crippen MR) is 56.4 cm³/mol. The summed E-state index contributed by atoms with van der Waals surface area (Å²) in [5.41, 5.74) is 0. The summed E-state index contributed by atoms with van der Waals surface area (Å²) in [5, 5.41) is 0. The fourth-order valence-corrected chi connectivity index (χ4v) is 1.81. The highest BCUT2D eigenvalue weighted by Crippen LogP contribution is 2.27. The van der Waals surface area contributed by atoms with E-state index in [1.54, 1.807) is 0 Å². The van der Waals surface area contributed by atoms with Gasteiger partial charge in [-0.2, -0.15) is 0 Å². The molecule has 0 fully saturated rings. The molecule has 10 heavy (non-hydrogen) atoms. The normalized spacial score (nSPS) is 9.50. The van der Waals surface area contributed by atoms with Crippen molar-refractivity contribution in [2.24, 2.45) is 0 Å². The summed E-state index contributed by atoms with van der Waals surface area (Å²) in [4.78, 5) is 0. The Labute approximate surface area is 89.9 Å². The van der Waals surface area contributed by atoms with Crippen LogP contribution in [0.5, 0.6) is 5.75 Å². The Kier molecular flexibility index (Phi) is 3.45. The molecule has 0 aliphatic heterocycles. The summed E-state index contributed by atoms with van der Waals surface area (Å²) >= 11 is 8.47. The Morgan fingerprint density at radius 3 is 2.60 bits per heavy atom. The van der Waals surface area contributed by atoms with E-state index < -0.39 is 0 Å². The Hall–Kier alpha value is 0.710. The highest BCUT2D eigenvalue weighted by Gasteiger charge is 1.98. The molecule has 4 heteroatoms. The quantitative estimate of drug-likeness (QED) is 0.677. The van der Waals surface area contributed by atoms with Gasteiger partial charge in [0, 0.05) is 3.57 Å². The van der Waals surface area contributed by atoms with Crippen molar-refractivity contribution < 1.29 is 3.83 Å². The van der Waals surface area contributed by atoms with Crippen LogP contribution in [0.3, 0.4) is 0 Å². The maximum absolute atomic E-state index is 4.89. The van der Waals surface area contributed by atoms with Gasteiger partial charge in [0.2, 0.25) is 0 Å². The lowest BCUT2D eigenvalue weighted by molar-refractivity contribution is 0.673. The Morgan fingerprint density at radius 1 is 1.40 bits per heavy atom. The third kappa shape index (κ3) is 2.10. The SMILES string of the molecule is BrOc1cc(I)ccc1Br. The van der Waals surface area contributed by atoms with Crippen LogP contribution in [-0.4, -0.2) is 0 Å². The van der Waals surface area contributed by atoms with Crippen LogP contribution in [0.2, 0.25) is 0 Å². The summed E-state index contributed by atoms with van der Waals surface area (Å²) in [6, 6.07) is 5.87. The summed E-state index contributed by atoms with van der Waals surface area (Å²) in [7, 11) is 0. The van der Waals surface area contributed by atoms with Crippen LogP contribution < -0.4 is 3.83 Å². The zero-order valence-corrected chi connectivity index (χ0v) is 10.1. The summed E-state index contributed by atoms with van der Waals surface area (Å²) in [6.45, 7) is 0. The molecule has 0 spiro atoms. The first kappa shape index (κ1) is 8.80. The molecule has 0 bridgehead atoms. The van der Waals surface area contributed by atoms with Crippen LogP contribution in [-0.2, 0) is 0 Å². The van der Waals surface area contributed by atoms with E-state index in [-0.39, 0.29) is 0 Å². The van der Waals surface area contributed by atoms with Gasteiger partial charge in [-0.25, -0.2) is 0 Å². The average molecular weight is 378 g/mol. The predicted octanol–water partition coefficient (Wildman–Crippen LogP) is 3.74. The minimum atomic E-state index is 0.798. The monoisotopic (exact) mass is 376 g/mol. The zero-order valence-electron chi connectivity index (χ0n) is 4.77. The molecule has 1 rings (SSSR count). The van der Waals surface area contributed by atoms with E-state index in [9.17, 15) is 0 Å². The first-order valence-corrected chi connectivity index (χ1v) is 4.99. The Balaban J connectivity index is 3.09. The molecular weight excluding hydrogens is 375 g/mol. The fraction of sp³-hybridized carbons (Fsp3) is 0. The van der Waals surface area contributed by atoms with E-state index in [0.29, 0.717) is 0 Å². The van der Waals surface area contributed by atoms with E-state index in [2.05, 4.69) is 54.8 Å². The number of benzene rings is 1. The molecule has 0 aromatic heterocycles. The minimum absolute atomic E-state index is 0.798. The highest BCUT2D eigenvalue weighted by molar-refractivity contribution is 14.1. The van der Waals surface area contributed by atoms with Crippen LogP contribution in [0.1, 0.15) is 0 Å². The third-order valence-electron chi connectivity index (χ3n) is 0.976. The second-order valence-corrected chi connectivity index (χ2v) is 4.08. The molecule has 0 amide bonds. The second-order valence-electron chi connectivity index (χ2n) is 1.65. The van der Waals surface area contributed by atoms with Crippen molar-refractivity contribution in [2.75, 3.05) is 0 Å². The van der Waals surface area contributed by atoms with Gasteiger partial charge in [-0.1, -0.05) is 0 Å². The first-order valence-electron chi connectivity index (χ1n) is 2.47. The lowest BCUT2D eigenvalue weighted by Crippen LogP contribution is -1.77. The number of halogens is 3. The van der Waals surface area contributed by atoms with E-state index in [0.717, 1.165) is 13.8 Å². The molecule has 1 aromatic rings. The zero-order chi connectivity index (χ0) is 7.56. The molecule has 0 unspecified atom stereocenters. The first-order chi connectivity index (χ1) is 4.74. The largest absolute Gasteiger partial charge is 0.417 e. The van der Waals surface area contributed by atoms with Gasteiger partial charge in [0.25, 0.3) is 0 Å². The van der Waals surface area contributed by atoms with Crippen LogP contribution in [0.4, 0.5) is 0 Å². The summed E-state index contributed by atoms with van der Waals surface area (Å²) in [5.74, 6) is 0.798. The molecule has 54 valence electrons. The maximum Gasteiger partial charge on any atom is 0.179 e. The summed E-state index contributed by atoms with van der Waals surface area (Å²) < 4.78 is 6.98. The number of rotatable bonds is 1. The Morgan fingerprint density at radius 2 is 2.10 bits per heavy atom. The number of hydrogen-bond donors (Lipinski definition) is 0. The van der Waals surface area contributed by atoms with Crippen molar-refractivity contribution in [1.82, 2.24) is 0 Å². The average Bonchev–Trinajstić information content (AvgIpc) is 1.94. The van der Waals surface area contributed by atoms with Crippen molar-refractivity contribution in [1.29, 1.82) is 0 Å². The molecule has 0 radical (unpaired) electrons. The van der Waals surface area contributed by atoms with E-state index in [4.69, 9.17) is 3.83 Å². The van der Waals surface area contributed by atoms with Crippen molar-refractivity contribution in [3.63, 3.8) is 0 Å². The van der Waals surface area contributed by atoms with Crippen LogP contribution in [0.25, 0.3) is 0 Å². The molecule has 0 N–H and O–H groups in total. The molecule has 0 aliphatic rings. The molecule has 1 aromatic carbocycles. The highest BCUT2D eigenvalue weighted by atomic mass is 127. The molecule has 0 saturated carbocycles. The van der Waals surface area contributed by atoms with Gasteiger partial charge in [-0.05, 0) is 56.7 Å². The minimum Gasteiger partial charge on any atom is -0.417 e. The van der Waals surface area contributed by atoms with Gasteiger partial charge in [0.05, 0.1) is 4.47 Å². The van der Waals surface area contributed by atoms with E-state index >= 15 is 0 Å². The molecule has 0 aliphatic carbocycles. The fourth-order valence-electron chi connectivity index (χ4n) is 0.536. The summed E-state index contributed by atoms with van der Waals surface area (Å²) in [6.07, 6.45) is 0. The van der Waals surface area contributed by atoms with Crippen LogP contribution >= 0.6 is 54.8 Å². The molecule has 0 heterocycles. The van der Waals surface area contributed by atoms with Crippen molar-refractivity contribution in [2.45, 2.75) is 0 Å². The Bertz CT molecular complexity index is 239. The van der Waals surface area contributed by atoms with Crippen LogP contribution in [0.15, 0.2) is 22.7 Å². The second kappa shape index (κ2) is 3.92. The van der Waals surface area contributed by atoms with Gasteiger partial charge >= 0.3 is 0 Å².